The van der Waals surface area contributed by atoms with Crippen LogP contribution < -0.4 is 5.32 Å². The first-order chi connectivity index (χ1) is 9.80. The van der Waals surface area contributed by atoms with Crippen LogP contribution >= 0.6 is 15.9 Å². The Morgan fingerprint density at radius 1 is 1.38 bits per heavy atom. The van der Waals surface area contributed by atoms with E-state index in [1.54, 1.807) is 0 Å². The number of alkyl halides is 3. The van der Waals surface area contributed by atoms with Crippen LogP contribution in [0.2, 0.25) is 0 Å². The lowest BCUT2D eigenvalue weighted by molar-refractivity contribution is -0.137. The van der Waals surface area contributed by atoms with Crippen molar-refractivity contribution in [3.05, 3.63) is 34.3 Å². The number of benzene rings is 1. The van der Waals surface area contributed by atoms with E-state index in [0.717, 1.165) is 24.0 Å². The summed E-state index contributed by atoms with van der Waals surface area (Å²) in [6.07, 6.45) is -2.98. The van der Waals surface area contributed by atoms with Gasteiger partial charge in [-0.15, -0.1) is 0 Å². The topological polar surface area (TPSA) is 12.0 Å². The standard InChI is InChI=1S/C16H21BrF3N/c1-15(6-3-7-16(18,19)20)8-9-21-11-14(15)12-4-2-5-13(17)10-12/h2,4-5,10,14,21H,3,6-9,11H2,1H3. The smallest absolute Gasteiger partial charge is 0.316 e. The third-order valence-corrected chi connectivity index (χ3v) is 5.02. The van der Waals surface area contributed by atoms with Crippen LogP contribution in [-0.4, -0.2) is 19.3 Å². The van der Waals surface area contributed by atoms with Crippen LogP contribution in [0.4, 0.5) is 13.2 Å². The lowest BCUT2D eigenvalue weighted by Crippen LogP contribution is -2.42. The van der Waals surface area contributed by atoms with E-state index in [1.807, 2.05) is 12.1 Å². The normalized spacial score (nSPS) is 26.8. The predicted molar refractivity (Wildman–Crippen MR) is 82.4 cm³/mol. The lowest BCUT2D eigenvalue weighted by Gasteiger charge is -2.42. The first kappa shape index (κ1) is 16.8. The number of hydrogen-bond donors (Lipinski definition) is 1. The van der Waals surface area contributed by atoms with E-state index in [9.17, 15) is 13.2 Å². The van der Waals surface area contributed by atoms with Crippen molar-refractivity contribution in [2.75, 3.05) is 13.1 Å². The Kier molecular flexibility index (Phi) is 5.36. The fraction of sp³-hybridized carbons (Fsp3) is 0.625. The summed E-state index contributed by atoms with van der Waals surface area (Å²) in [7, 11) is 0. The highest BCUT2D eigenvalue weighted by Crippen LogP contribution is 2.45. The van der Waals surface area contributed by atoms with Gasteiger partial charge in [0.15, 0.2) is 0 Å². The van der Waals surface area contributed by atoms with Gasteiger partial charge in [-0.05, 0) is 48.9 Å². The second-order valence-corrected chi connectivity index (χ2v) is 7.10. The van der Waals surface area contributed by atoms with Gasteiger partial charge in [-0.2, -0.15) is 13.2 Å². The molecule has 0 aliphatic carbocycles. The minimum Gasteiger partial charge on any atom is -0.316 e. The molecule has 0 spiro atoms. The maximum atomic E-state index is 12.4. The summed E-state index contributed by atoms with van der Waals surface area (Å²) < 4.78 is 38.2. The third kappa shape index (κ3) is 4.71. The van der Waals surface area contributed by atoms with Crippen molar-refractivity contribution in [2.45, 2.75) is 44.7 Å². The molecule has 1 aliphatic heterocycles. The fourth-order valence-corrected chi connectivity index (χ4v) is 3.69. The molecule has 1 N–H and O–H groups in total. The zero-order valence-electron chi connectivity index (χ0n) is 12.1. The summed E-state index contributed by atoms with van der Waals surface area (Å²) in [5.41, 5.74) is 1.13. The van der Waals surface area contributed by atoms with E-state index in [-0.39, 0.29) is 17.8 Å². The van der Waals surface area contributed by atoms with E-state index in [2.05, 4.69) is 40.3 Å². The minimum absolute atomic E-state index is 0.0721. The average Bonchev–Trinajstić information content (AvgIpc) is 2.37. The van der Waals surface area contributed by atoms with Gasteiger partial charge in [0.2, 0.25) is 0 Å². The molecule has 1 saturated heterocycles. The molecule has 0 aromatic heterocycles. The minimum atomic E-state index is -4.05. The molecule has 118 valence electrons. The zero-order valence-corrected chi connectivity index (χ0v) is 13.7. The van der Waals surface area contributed by atoms with Crippen LogP contribution in [0.5, 0.6) is 0 Å². The van der Waals surface area contributed by atoms with Gasteiger partial charge >= 0.3 is 6.18 Å². The van der Waals surface area contributed by atoms with Crippen molar-refractivity contribution >= 4 is 15.9 Å². The summed E-state index contributed by atoms with van der Waals surface area (Å²) in [4.78, 5) is 0. The Morgan fingerprint density at radius 2 is 2.14 bits per heavy atom. The van der Waals surface area contributed by atoms with Crippen molar-refractivity contribution in [3.8, 4) is 0 Å². The Morgan fingerprint density at radius 3 is 2.81 bits per heavy atom. The Balaban J connectivity index is 2.10. The third-order valence-electron chi connectivity index (χ3n) is 4.52. The molecule has 2 atom stereocenters. The van der Waals surface area contributed by atoms with E-state index in [0.29, 0.717) is 6.42 Å². The second kappa shape index (κ2) is 6.69. The number of halogens is 4. The molecule has 1 aromatic carbocycles. The van der Waals surface area contributed by atoms with E-state index in [4.69, 9.17) is 0 Å². The molecule has 21 heavy (non-hydrogen) atoms. The largest absolute Gasteiger partial charge is 0.389 e. The van der Waals surface area contributed by atoms with Gasteiger partial charge in [0, 0.05) is 23.4 Å². The van der Waals surface area contributed by atoms with Crippen LogP contribution in [0.1, 0.15) is 44.1 Å². The molecule has 2 unspecified atom stereocenters. The van der Waals surface area contributed by atoms with E-state index < -0.39 is 12.6 Å². The molecule has 0 saturated carbocycles. The van der Waals surface area contributed by atoms with Crippen LogP contribution in [-0.2, 0) is 0 Å². The van der Waals surface area contributed by atoms with Gasteiger partial charge in [0.25, 0.3) is 0 Å². The van der Waals surface area contributed by atoms with Crippen molar-refractivity contribution in [1.29, 1.82) is 0 Å². The van der Waals surface area contributed by atoms with Crippen molar-refractivity contribution < 1.29 is 13.2 Å². The molecule has 2 rings (SSSR count). The maximum absolute atomic E-state index is 12.4. The first-order valence-corrected chi connectivity index (χ1v) is 8.12. The molecule has 1 heterocycles. The van der Waals surface area contributed by atoms with Crippen LogP contribution in [0, 0.1) is 5.41 Å². The first-order valence-electron chi connectivity index (χ1n) is 7.33. The number of piperidine rings is 1. The van der Waals surface area contributed by atoms with Gasteiger partial charge < -0.3 is 5.32 Å². The van der Waals surface area contributed by atoms with Crippen LogP contribution in [0.3, 0.4) is 0 Å². The molecular weight excluding hydrogens is 343 g/mol. The molecule has 0 amide bonds. The highest BCUT2D eigenvalue weighted by Gasteiger charge is 2.38. The Labute approximate surface area is 132 Å². The van der Waals surface area contributed by atoms with Gasteiger partial charge in [-0.25, -0.2) is 0 Å². The van der Waals surface area contributed by atoms with Gasteiger partial charge in [-0.1, -0.05) is 35.0 Å². The summed E-state index contributed by atoms with van der Waals surface area (Å²) >= 11 is 3.48. The monoisotopic (exact) mass is 363 g/mol. The Hall–Kier alpha value is -0.550. The maximum Gasteiger partial charge on any atom is 0.389 e. The van der Waals surface area contributed by atoms with Crippen LogP contribution in [0.15, 0.2) is 28.7 Å². The molecule has 0 radical (unpaired) electrons. The summed E-state index contributed by atoms with van der Waals surface area (Å²) in [5.74, 6) is 0.261. The molecule has 0 bridgehead atoms. The van der Waals surface area contributed by atoms with Crippen molar-refractivity contribution in [2.24, 2.45) is 5.41 Å². The van der Waals surface area contributed by atoms with Gasteiger partial charge in [0.1, 0.15) is 0 Å². The molecule has 1 fully saturated rings. The Bertz CT molecular complexity index is 475. The molecular formula is C16H21BrF3N. The lowest BCUT2D eigenvalue weighted by atomic mass is 9.66. The molecule has 1 nitrogen and oxygen atoms in total. The summed E-state index contributed by atoms with van der Waals surface area (Å²) in [5, 5.41) is 3.38. The predicted octanol–water partition coefficient (Wildman–Crippen LogP) is 5.26. The van der Waals surface area contributed by atoms with Crippen LogP contribution in [0.25, 0.3) is 0 Å². The number of hydrogen-bond acceptors (Lipinski definition) is 1. The fourth-order valence-electron chi connectivity index (χ4n) is 3.28. The average molecular weight is 364 g/mol. The van der Waals surface area contributed by atoms with Gasteiger partial charge in [-0.3, -0.25) is 0 Å². The number of nitrogens with one attached hydrogen (secondary N) is 1. The van der Waals surface area contributed by atoms with E-state index >= 15 is 0 Å². The summed E-state index contributed by atoms with van der Waals surface area (Å²) in [6.45, 7) is 3.85. The molecule has 5 heteroatoms. The molecule has 1 aromatic rings. The number of rotatable bonds is 4. The van der Waals surface area contributed by atoms with Crippen molar-refractivity contribution in [1.82, 2.24) is 5.32 Å². The SMILES string of the molecule is CC1(CCCC(F)(F)F)CCNCC1c1cccc(Br)c1. The van der Waals surface area contributed by atoms with E-state index in [1.165, 1.54) is 5.56 Å². The second-order valence-electron chi connectivity index (χ2n) is 6.18. The van der Waals surface area contributed by atoms with Gasteiger partial charge in [0.05, 0.1) is 0 Å². The highest BCUT2D eigenvalue weighted by atomic mass is 79.9. The highest BCUT2D eigenvalue weighted by molar-refractivity contribution is 9.10. The zero-order chi connectivity index (χ0) is 15.5. The summed E-state index contributed by atoms with van der Waals surface area (Å²) in [6, 6.07) is 8.12. The quantitative estimate of drug-likeness (QED) is 0.768. The van der Waals surface area contributed by atoms with Crippen molar-refractivity contribution in [3.63, 3.8) is 0 Å². The molecule has 1 aliphatic rings.